The summed E-state index contributed by atoms with van der Waals surface area (Å²) in [7, 11) is 0. The lowest BCUT2D eigenvalue weighted by atomic mass is 9.93. The quantitative estimate of drug-likeness (QED) is 0.839. The molecule has 4 heteroatoms. The van der Waals surface area contributed by atoms with Crippen molar-refractivity contribution in [1.82, 2.24) is 4.98 Å². The summed E-state index contributed by atoms with van der Waals surface area (Å²) in [6.45, 7) is 6.66. The summed E-state index contributed by atoms with van der Waals surface area (Å²) in [5.74, 6) is -0.324. The molecule has 2 rings (SSSR count). The van der Waals surface area contributed by atoms with Crippen LogP contribution in [0.1, 0.15) is 32.0 Å². The molecule has 2 N–H and O–H groups in total. The molecule has 1 aromatic heterocycles. The minimum Gasteiger partial charge on any atom is -0.377 e. The first-order chi connectivity index (χ1) is 7.65. The summed E-state index contributed by atoms with van der Waals surface area (Å²) >= 11 is 0. The minimum atomic E-state index is -0.712. The first-order valence-electron chi connectivity index (χ1n) is 5.67. The fraction of sp³-hybridized carbons (Fsp3) is 0.583. The molecule has 1 saturated heterocycles. The average molecular weight is 226 g/mol. The third kappa shape index (κ3) is 2.39. The van der Waals surface area contributed by atoms with Crippen LogP contribution >= 0.6 is 0 Å². The normalized spacial score (nSPS) is 17.1. The van der Waals surface area contributed by atoms with Gasteiger partial charge in [0.05, 0.1) is 13.2 Å². The van der Waals surface area contributed by atoms with E-state index in [0.29, 0.717) is 18.9 Å². The van der Waals surface area contributed by atoms with Crippen LogP contribution in [0, 0.1) is 5.82 Å². The third-order valence-corrected chi connectivity index (χ3v) is 2.50. The molecule has 0 unspecified atom stereocenters. The summed E-state index contributed by atoms with van der Waals surface area (Å²) in [4.78, 5) is 4.06. The first-order valence-corrected chi connectivity index (χ1v) is 5.67. The van der Waals surface area contributed by atoms with Crippen molar-refractivity contribution in [2.45, 2.75) is 32.7 Å². The fourth-order valence-electron chi connectivity index (χ4n) is 1.50. The zero-order chi connectivity index (χ0) is 12.2. The molecule has 1 fully saturated rings. The van der Waals surface area contributed by atoms with Crippen LogP contribution in [0.2, 0.25) is 0 Å². The summed E-state index contributed by atoms with van der Waals surface area (Å²) in [6.07, 6.45) is 2.45. The van der Waals surface area contributed by atoms with Gasteiger partial charge < -0.3 is 10.5 Å². The summed E-state index contributed by atoms with van der Waals surface area (Å²) < 4.78 is 18.5. The second kappa shape index (κ2) is 5.37. The fourth-order valence-corrected chi connectivity index (χ4v) is 1.50. The SMILES string of the molecule is CC.CCc1cnc(C2(N)COC2)c(F)c1. The Hall–Kier alpha value is -1.00. The Labute approximate surface area is 95.8 Å². The Kier molecular flexibility index (Phi) is 4.38. The molecule has 1 aliphatic rings. The van der Waals surface area contributed by atoms with Gasteiger partial charge in [-0.05, 0) is 18.1 Å². The van der Waals surface area contributed by atoms with Crippen molar-refractivity contribution in [3.63, 3.8) is 0 Å². The van der Waals surface area contributed by atoms with Crippen molar-refractivity contribution in [3.8, 4) is 0 Å². The van der Waals surface area contributed by atoms with E-state index in [1.165, 1.54) is 6.07 Å². The van der Waals surface area contributed by atoms with Gasteiger partial charge in [0.2, 0.25) is 0 Å². The van der Waals surface area contributed by atoms with E-state index in [-0.39, 0.29) is 5.82 Å². The number of pyridine rings is 1. The standard InChI is InChI=1S/C10H13FN2O.C2H6/c1-2-7-3-8(11)9(13-4-7)10(12)5-14-6-10;1-2/h3-4H,2,5-6,12H2,1H3;1-2H3. The lowest BCUT2D eigenvalue weighted by Crippen LogP contribution is -2.55. The van der Waals surface area contributed by atoms with E-state index in [1.807, 2.05) is 20.8 Å². The Morgan fingerprint density at radius 3 is 2.50 bits per heavy atom. The molecule has 1 aromatic rings. The number of aromatic nitrogens is 1. The van der Waals surface area contributed by atoms with Gasteiger partial charge >= 0.3 is 0 Å². The number of nitrogens with zero attached hydrogens (tertiary/aromatic N) is 1. The summed E-state index contributed by atoms with van der Waals surface area (Å²) in [6, 6.07) is 1.50. The zero-order valence-corrected chi connectivity index (χ0v) is 10.1. The van der Waals surface area contributed by atoms with E-state index >= 15 is 0 Å². The molecule has 0 bridgehead atoms. The lowest BCUT2D eigenvalue weighted by Gasteiger charge is -2.37. The number of aryl methyl sites for hydroxylation is 1. The molecule has 0 atom stereocenters. The second-order valence-electron chi connectivity index (χ2n) is 3.68. The van der Waals surface area contributed by atoms with Crippen LogP contribution in [-0.2, 0) is 16.7 Å². The molecule has 2 heterocycles. The van der Waals surface area contributed by atoms with Crippen molar-refractivity contribution in [2.75, 3.05) is 13.2 Å². The Morgan fingerprint density at radius 2 is 2.12 bits per heavy atom. The second-order valence-corrected chi connectivity index (χ2v) is 3.68. The van der Waals surface area contributed by atoms with Crippen LogP contribution in [0.4, 0.5) is 4.39 Å². The first kappa shape index (κ1) is 13.1. The number of hydrogen-bond acceptors (Lipinski definition) is 3. The van der Waals surface area contributed by atoms with Gasteiger partial charge in [0.15, 0.2) is 0 Å². The highest BCUT2D eigenvalue weighted by Gasteiger charge is 2.39. The van der Waals surface area contributed by atoms with Crippen molar-refractivity contribution in [1.29, 1.82) is 0 Å². The van der Waals surface area contributed by atoms with Gasteiger partial charge in [-0.25, -0.2) is 4.39 Å². The molecule has 0 spiro atoms. The zero-order valence-electron chi connectivity index (χ0n) is 10.1. The third-order valence-electron chi connectivity index (χ3n) is 2.50. The molecular weight excluding hydrogens is 207 g/mol. The van der Waals surface area contributed by atoms with E-state index in [9.17, 15) is 4.39 Å². The van der Waals surface area contributed by atoms with Crippen LogP contribution in [0.25, 0.3) is 0 Å². The average Bonchev–Trinajstić information content (AvgIpc) is 2.28. The van der Waals surface area contributed by atoms with E-state index < -0.39 is 5.54 Å². The van der Waals surface area contributed by atoms with Crippen molar-refractivity contribution in [2.24, 2.45) is 5.73 Å². The van der Waals surface area contributed by atoms with Crippen molar-refractivity contribution in [3.05, 3.63) is 29.3 Å². The Bertz CT molecular complexity index is 351. The maximum atomic E-state index is 13.6. The molecule has 0 radical (unpaired) electrons. The topological polar surface area (TPSA) is 48.1 Å². The highest BCUT2D eigenvalue weighted by Crippen LogP contribution is 2.27. The highest BCUT2D eigenvalue weighted by atomic mass is 19.1. The van der Waals surface area contributed by atoms with Gasteiger partial charge in [0, 0.05) is 6.20 Å². The van der Waals surface area contributed by atoms with Crippen LogP contribution in [-0.4, -0.2) is 18.2 Å². The Balaban J connectivity index is 0.000000606. The summed E-state index contributed by atoms with van der Waals surface area (Å²) in [5, 5.41) is 0. The van der Waals surface area contributed by atoms with Gasteiger partial charge in [-0.2, -0.15) is 0 Å². The predicted octanol–water partition coefficient (Wildman–Crippen LogP) is 1.99. The molecule has 0 saturated carbocycles. The molecule has 90 valence electrons. The number of halogens is 1. The van der Waals surface area contributed by atoms with E-state index in [0.717, 1.165) is 12.0 Å². The monoisotopic (exact) mass is 226 g/mol. The number of nitrogens with two attached hydrogens (primary N) is 1. The van der Waals surface area contributed by atoms with Crippen LogP contribution in [0.3, 0.4) is 0 Å². The van der Waals surface area contributed by atoms with Crippen LogP contribution in [0.5, 0.6) is 0 Å². The van der Waals surface area contributed by atoms with Gasteiger partial charge in [0.25, 0.3) is 0 Å². The van der Waals surface area contributed by atoms with Crippen LogP contribution in [0.15, 0.2) is 12.3 Å². The highest BCUT2D eigenvalue weighted by molar-refractivity contribution is 5.24. The number of hydrogen-bond donors (Lipinski definition) is 1. The molecule has 0 amide bonds. The van der Waals surface area contributed by atoms with E-state index in [1.54, 1.807) is 6.20 Å². The predicted molar refractivity (Wildman–Crippen MR) is 61.6 cm³/mol. The molecule has 0 aromatic carbocycles. The van der Waals surface area contributed by atoms with Gasteiger partial charge in [-0.15, -0.1) is 0 Å². The maximum absolute atomic E-state index is 13.6. The molecule has 3 nitrogen and oxygen atoms in total. The van der Waals surface area contributed by atoms with Crippen LogP contribution < -0.4 is 5.73 Å². The van der Waals surface area contributed by atoms with Gasteiger partial charge in [-0.3, -0.25) is 4.98 Å². The van der Waals surface area contributed by atoms with Crippen molar-refractivity contribution >= 4 is 0 Å². The minimum absolute atomic E-state index is 0.320. The largest absolute Gasteiger partial charge is 0.377 e. The molecular formula is C12H19FN2O. The van der Waals surface area contributed by atoms with E-state index in [2.05, 4.69) is 4.98 Å². The maximum Gasteiger partial charge on any atom is 0.147 e. The van der Waals surface area contributed by atoms with Gasteiger partial charge in [0.1, 0.15) is 17.1 Å². The van der Waals surface area contributed by atoms with Gasteiger partial charge in [-0.1, -0.05) is 20.8 Å². The molecule has 16 heavy (non-hydrogen) atoms. The van der Waals surface area contributed by atoms with E-state index in [4.69, 9.17) is 10.5 Å². The molecule has 1 aliphatic heterocycles. The number of ether oxygens (including phenoxy) is 1. The smallest absolute Gasteiger partial charge is 0.147 e. The lowest BCUT2D eigenvalue weighted by molar-refractivity contribution is -0.0607. The molecule has 0 aliphatic carbocycles. The summed E-state index contributed by atoms with van der Waals surface area (Å²) in [5.41, 5.74) is 6.38. The Morgan fingerprint density at radius 1 is 1.50 bits per heavy atom. The number of rotatable bonds is 2. The van der Waals surface area contributed by atoms with Crippen molar-refractivity contribution < 1.29 is 9.13 Å².